The Kier molecular flexibility index (Phi) is 4.43. The molecule has 3 heteroatoms. The van der Waals surface area contributed by atoms with Crippen molar-refractivity contribution < 1.29 is 21.1 Å². The van der Waals surface area contributed by atoms with Gasteiger partial charge in [0.2, 0.25) is 0 Å². The van der Waals surface area contributed by atoms with Crippen LogP contribution in [0.15, 0.2) is 60.7 Å². The van der Waals surface area contributed by atoms with Gasteiger partial charge >= 0.3 is 0 Å². The summed E-state index contributed by atoms with van der Waals surface area (Å²) in [6.45, 7) is 0. The molecule has 0 saturated heterocycles. The molecule has 86 valence electrons. The van der Waals surface area contributed by atoms with Gasteiger partial charge in [0.05, 0.1) is 0 Å². The molecule has 0 unspecified atom stereocenters. The molecule has 0 aliphatic rings. The molecule has 2 aromatic carbocycles. The van der Waals surface area contributed by atoms with Crippen molar-refractivity contribution in [2.75, 3.05) is 0 Å². The summed E-state index contributed by atoms with van der Waals surface area (Å²) in [6.07, 6.45) is 0. The van der Waals surface area contributed by atoms with Gasteiger partial charge in [-0.15, -0.1) is 0 Å². The van der Waals surface area contributed by atoms with Crippen molar-refractivity contribution in [1.29, 1.82) is 0 Å². The first kappa shape index (κ1) is 13.1. The first-order chi connectivity index (χ1) is 7.21. The SMILES string of the molecule is NC(N)(c1ccccc1)c1ccccc1.[Pt]. The molecular weight excluding hydrogens is 379 g/mol. The largest absolute Gasteiger partial charge is 0.306 e. The molecule has 0 heterocycles. The van der Waals surface area contributed by atoms with Gasteiger partial charge in [0, 0.05) is 21.1 Å². The molecule has 0 saturated carbocycles. The van der Waals surface area contributed by atoms with Crippen LogP contribution in [0.5, 0.6) is 0 Å². The van der Waals surface area contributed by atoms with E-state index in [0.717, 1.165) is 11.1 Å². The summed E-state index contributed by atoms with van der Waals surface area (Å²) in [5, 5.41) is 0. The molecule has 0 radical (unpaired) electrons. The van der Waals surface area contributed by atoms with Crippen molar-refractivity contribution in [3.05, 3.63) is 71.8 Å². The van der Waals surface area contributed by atoms with Crippen molar-refractivity contribution in [3.8, 4) is 0 Å². The average molecular weight is 393 g/mol. The van der Waals surface area contributed by atoms with E-state index in [1.54, 1.807) is 0 Å². The minimum atomic E-state index is -0.914. The van der Waals surface area contributed by atoms with E-state index in [1.165, 1.54) is 0 Å². The normalized spacial score (nSPS) is 10.6. The summed E-state index contributed by atoms with van der Waals surface area (Å²) in [5.74, 6) is 0. The number of hydrogen-bond donors (Lipinski definition) is 2. The minimum absolute atomic E-state index is 0. The second kappa shape index (κ2) is 5.40. The molecule has 0 aromatic heterocycles. The van der Waals surface area contributed by atoms with Gasteiger partial charge in [-0.1, -0.05) is 60.7 Å². The fraction of sp³-hybridized carbons (Fsp3) is 0.0769. The first-order valence-corrected chi connectivity index (χ1v) is 4.90. The zero-order valence-corrected chi connectivity index (χ0v) is 11.0. The predicted octanol–water partition coefficient (Wildman–Crippen LogP) is 1.80. The van der Waals surface area contributed by atoms with Crippen LogP contribution >= 0.6 is 0 Å². The predicted molar refractivity (Wildman–Crippen MR) is 62.0 cm³/mol. The zero-order chi connectivity index (χ0) is 10.7. The van der Waals surface area contributed by atoms with Crippen LogP contribution in [0.4, 0.5) is 0 Å². The van der Waals surface area contributed by atoms with Crippen LogP contribution in [0.2, 0.25) is 0 Å². The molecular formula is C13H14N2Pt. The van der Waals surface area contributed by atoms with E-state index in [4.69, 9.17) is 11.5 Å². The van der Waals surface area contributed by atoms with Crippen LogP contribution in [-0.2, 0) is 26.7 Å². The van der Waals surface area contributed by atoms with Crippen LogP contribution in [0.1, 0.15) is 11.1 Å². The molecule has 0 atom stereocenters. The van der Waals surface area contributed by atoms with Gasteiger partial charge < -0.3 is 11.5 Å². The maximum atomic E-state index is 6.14. The summed E-state index contributed by atoms with van der Waals surface area (Å²) in [6, 6.07) is 19.4. The Morgan fingerprint density at radius 2 is 0.938 bits per heavy atom. The summed E-state index contributed by atoms with van der Waals surface area (Å²) in [5.41, 5.74) is 13.2. The van der Waals surface area contributed by atoms with E-state index in [9.17, 15) is 0 Å². The van der Waals surface area contributed by atoms with Crippen molar-refractivity contribution in [2.45, 2.75) is 5.66 Å². The van der Waals surface area contributed by atoms with E-state index >= 15 is 0 Å². The number of rotatable bonds is 2. The molecule has 0 bridgehead atoms. The van der Waals surface area contributed by atoms with Crippen LogP contribution < -0.4 is 11.5 Å². The summed E-state index contributed by atoms with van der Waals surface area (Å²) in [4.78, 5) is 0. The van der Waals surface area contributed by atoms with Crippen molar-refractivity contribution in [1.82, 2.24) is 0 Å². The zero-order valence-electron chi connectivity index (χ0n) is 8.74. The van der Waals surface area contributed by atoms with Crippen molar-refractivity contribution >= 4 is 0 Å². The van der Waals surface area contributed by atoms with Gasteiger partial charge in [0.25, 0.3) is 0 Å². The minimum Gasteiger partial charge on any atom is -0.306 e. The Hall–Kier alpha value is -0.952. The number of benzene rings is 2. The maximum absolute atomic E-state index is 6.14. The van der Waals surface area contributed by atoms with Crippen LogP contribution in [-0.4, -0.2) is 0 Å². The molecule has 0 aliphatic heterocycles. The van der Waals surface area contributed by atoms with E-state index < -0.39 is 5.66 Å². The number of hydrogen-bond acceptors (Lipinski definition) is 2. The van der Waals surface area contributed by atoms with E-state index in [-0.39, 0.29) is 21.1 Å². The van der Waals surface area contributed by atoms with Gasteiger partial charge in [-0.3, -0.25) is 0 Å². The van der Waals surface area contributed by atoms with Crippen LogP contribution in [0, 0.1) is 0 Å². The second-order valence-corrected chi connectivity index (χ2v) is 3.60. The van der Waals surface area contributed by atoms with Gasteiger partial charge in [-0.2, -0.15) is 0 Å². The standard InChI is InChI=1S/C13H14N2.Pt/c14-13(15,11-7-3-1-4-8-11)12-9-5-2-6-10-12;/h1-10H,14-15H2;. The molecule has 0 fully saturated rings. The number of nitrogens with two attached hydrogens (primary N) is 2. The van der Waals surface area contributed by atoms with Crippen LogP contribution in [0.25, 0.3) is 0 Å². The maximum Gasteiger partial charge on any atom is 0.116 e. The van der Waals surface area contributed by atoms with Gasteiger partial charge in [0.1, 0.15) is 5.66 Å². The monoisotopic (exact) mass is 393 g/mol. The van der Waals surface area contributed by atoms with Crippen molar-refractivity contribution in [2.24, 2.45) is 11.5 Å². The van der Waals surface area contributed by atoms with Gasteiger partial charge in [-0.25, -0.2) is 0 Å². The topological polar surface area (TPSA) is 52.0 Å². The Labute approximate surface area is 110 Å². The van der Waals surface area contributed by atoms with Crippen molar-refractivity contribution in [3.63, 3.8) is 0 Å². The average Bonchev–Trinajstić information content (AvgIpc) is 2.31. The molecule has 2 nitrogen and oxygen atoms in total. The van der Waals surface area contributed by atoms with Gasteiger partial charge in [-0.05, 0) is 11.1 Å². The third-order valence-electron chi connectivity index (χ3n) is 2.50. The second-order valence-electron chi connectivity index (χ2n) is 3.60. The van der Waals surface area contributed by atoms with E-state index in [2.05, 4.69) is 0 Å². The Morgan fingerprint density at radius 3 is 1.25 bits per heavy atom. The Bertz CT molecular complexity index is 385. The first-order valence-electron chi connectivity index (χ1n) is 4.90. The fourth-order valence-electron chi connectivity index (χ4n) is 1.59. The molecule has 0 spiro atoms. The molecule has 4 N–H and O–H groups in total. The van der Waals surface area contributed by atoms with E-state index in [1.807, 2.05) is 60.7 Å². The van der Waals surface area contributed by atoms with Crippen LogP contribution in [0.3, 0.4) is 0 Å². The molecule has 16 heavy (non-hydrogen) atoms. The molecule has 0 amide bonds. The summed E-state index contributed by atoms with van der Waals surface area (Å²) < 4.78 is 0. The smallest absolute Gasteiger partial charge is 0.116 e. The molecule has 2 aromatic rings. The quantitative estimate of drug-likeness (QED) is 0.765. The summed E-state index contributed by atoms with van der Waals surface area (Å²) >= 11 is 0. The Morgan fingerprint density at radius 1 is 0.625 bits per heavy atom. The van der Waals surface area contributed by atoms with Gasteiger partial charge in [0.15, 0.2) is 0 Å². The molecule has 0 aliphatic carbocycles. The molecule has 2 rings (SSSR count). The fourth-order valence-corrected chi connectivity index (χ4v) is 1.59. The third-order valence-corrected chi connectivity index (χ3v) is 2.50. The third kappa shape index (κ3) is 2.59. The Balaban J connectivity index is 0.00000128. The van der Waals surface area contributed by atoms with E-state index in [0.29, 0.717) is 0 Å². The summed E-state index contributed by atoms with van der Waals surface area (Å²) in [7, 11) is 0.